The molecular weight excluding hydrogens is 346 g/mol. The number of nitrogens with one attached hydrogen (secondary N) is 1. The first kappa shape index (κ1) is 19.2. The van der Waals surface area contributed by atoms with E-state index in [9.17, 15) is 10.1 Å². The monoisotopic (exact) mass is 369 g/mol. The lowest BCUT2D eigenvalue weighted by atomic mass is 10.1. The van der Waals surface area contributed by atoms with Crippen LogP contribution in [-0.4, -0.2) is 10.5 Å². The van der Waals surface area contributed by atoms with Gasteiger partial charge < -0.3 is 9.88 Å². The van der Waals surface area contributed by atoms with Crippen molar-refractivity contribution < 1.29 is 4.79 Å². The molecule has 0 spiro atoms. The largest absolute Gasteiger partial charge is 0.321 e. The Bertz CT molecular complexity index is 1110. The number of rotatable bonds is 4. The van der Waals surface area contributed by atoms with Crippen molar-refractivity contribution >= 4 is 17.7 Å². The van der Waals surface area contributed by atoms with E-state index in [4.69, 9.17) is 0 Å². The number of aromatic nitrogens is 1. The van der Waals surface area contributed by atoms with Gasteiger partial charge in [-0.3, -0.25) is 4.79 Å². The molecule has 0 radical (unpaired) electrons. The summed E-state index contributed by atoms with van der Waals surface area (Å²) in [5, 5.41) is 12.4. The van der Waals surface area contributed by atoms with Gasteiger partial charge >= 0.3 is 0 Å². The number of aryl methyl sites for hydroxylation is 3. The molecule has 2 aromatic carbocycles. The Morgan fingerprint density at radius 3 is 2.46 bits per heavy atom. The highest BCUT2D eigenvalue weighted by molar-refractivity contribution is 6.10. The Labute approximate surface area is 165 Å². The summed E-state index contributed by atoms with van der Waals surface area (Å²) in [5.41, 5.74) is 6.87. The molecule has 1 amide bonds. The number of amides is 1. The van der Waals surface area contributed by atoms with Crippen molar-refractivity contribution in [1.82, 2.24) is 4.57 Å². The molecule has 3 aromatic rings. The zero-order valence-corrected chi connectivity index (χ0v) is 16.6. The second kappa shape index (κ2) is 7.98. The summed E-state index contributed by atoms with van der Waals surface area (Å²) in [6.07, 6.45) is 1.65. The lowest BCUT2D eigenvalue weighted by Gasteiger charge is -2.10. The van der Waals surface area contributed by atoms with Crippen LogP contribution in [0.15, 0.2) is 60.2 Å². The van der Waals surface area contributed by atoms with Crippen LogP contribution in [0.5, 0.6) is 0 Å². The predicted molar refractivity (Wildman–Crippen MR) is 113 cm³/mol. The minimum absolute atomic E-state index is 0.0766. The fourth-order valence-corrected chi connectivity index (χ4v) is 3.31. The van der Waals surface area contributed by atoms with Gasteiger partial charge in [-0.25, -0.2) is 0 Å². The van der Waals surface area contributed by atoms with E-state index in [0.717, 1.165) is 28.2 Å². The second-order valence-corrected chi connectivity index (χ2v) is 6.94. The fourth-order valence-electron chi connectivity index (χ4n) is 3.31. The Hall–Kier alpha value is -3.58. The summed E-state index contributed by atoms with van der Waals surface area (Å²) in [5.74, 6) is -0.405. The van der Waals surface area contributed by atoms with Crippen LogP contribution in [0.25, 0.3) is 11.8 Å². The molecule has 0 fully saturated rings. The number of hydrogen-bond donors (Lipinski definition) is 1. The average molecular weight is 369 g/mol. The number of hydrogen-bond acceptors (Lipinski definition) is 2. The zero-order chi connectivity index (χ0) is 20.3. The summed E-state index contributed by atoms with van der Waals surface area (Å²) in [4.78, 5) is 12.6. The molecule has 0 bridgehead atoms. The molecule has 0 unspecified atom stereocenters. The number of para-hydroxylation sites is 1. The summed E-state index contributed by atoms with van der Waals surface area (Å²) < 4.78 is 2.13. The summed E-state index contributed by atoms with van der Waals surface area (Å²) in [6.45, 7) is 7.99. The van der Waals surface area contributed by atoms with Gasteiger partial charge in [0.1, 0.15) is 11.6 Å². The Balaban J connectivity index is 1.95. The fraction of sp³-hybridized carbons (Fsp3) is 0.167. The first-order valence-electron chi connectivity index (χ1n) is 9.15. The van der Waals surface area contributed by atoms with Crippen LogP contribution >= 0.6 is 0 Å². The molecule has 0 aliphatic carbocycles. The highest BCUT2D eigenvalue weighted by atomic mass is 16.1. The SMILES string of the molecule is Cc1cccc(-n2c(C)cc(C=C(C#N)C(=O)Nc3ccccc3C)c2C)c1. The Kier molecular flexibility index (Phi) is 5.47. The van der Waals surface area contributed by atoms with Crippen molar-refractivity contribution in [3.05, 3.63) is 88.2 Å². The van der Waals surface area contributed by atoms with Crippen LogP contribution < -0.4 is 5.32 Å². The van der Waals surface area contributed by atoms with Gasteiger partial charge in [0.15, 0.2) is 0 Å². The van der Waals surface area contributed by atoms with E-state index in [1.54, 1.807) is 6.08 Å². The summed E-state index contributed by atoms with van der Waals surface area (Å²) >= 11 is 0. The number of anilines is 1. The summed E-state index contributed by atoms with van der Waals surface area (Å²) in [6, 6.07) is 19.8. The molecule has 1 aromatic heterocycles. The minimum Gasteiger partial charge on any atom is -0.321 e. The average Bonchev–Trinajstić information content (AvgIpc) is 2.94. The first-order chi connectivity index (χ1) is 13.4. The smallest absolute Gasteiger partial charge is 0.266 e. The van der Waals surface area contributed by atoms with Crippen molar-refractivity contribution in [3.63, 3.8) is 0 Å². The molecule has 3 rings (SSSR count). The molecule has 0 saturated carbocycles. The van der Waals surface area contributed by atoms with Gasteiger partial charge in [0.05, 0.1) is 0 Å². The van der Waals surface area contributed by atoms with Gasteiger partial charge in [0, 0.05) is 22.8 Å². The van der Waals surface area contributed by atoms with E-state index in [-0.39, 0.29) is 5.57 Å². The van der Waals surface area contributed by atoms with Crippen LogP contribution in [-0.2, 0) is 4.79 Å². The van der Waals surface area contributed by atoms with E-state index in [1.165, 1.54) is 5.56 Å². The zero-order valence-electron chi connectivity index (χ0n) is 16.6. The van der Waals surface area contributed by atoms with E-state index in [1.807, 2.05) is 63.2 Å². The van der Waals surface area contributed by atoms with Gasteiger partial charge in [-0.1, -0.05) is 30.3 Å². The summed E-state index contributed by atoms with van der Waals surface area (Å²) in [7, 11) is 0. The van der Waals surface area contributed by atoms with Crippen LogP contribution in [0.4, 0.5) is 5.69 Å². The standard InChI is InChI=1S/C24H23N3O/c1-16-8-7-10-22(12-16)27-18(3)13-20(19(27)4)14-21(15-25)24(28)26-23-11-6-5-9-17(23)2/h5-14H,1-4H3,(H,26,28). The number of nitriles is 1. The molecule has 0 atom stereocenters. The molecule has 1 N–H and O–H groups in total. The van der Waals surface area contributed by atoms with Crippen molar-refractivity contribution in [2.75, 3.05) is 5.32 Å². The van der Waals surface area contributed by atoms with Gasteiger partial charge in [-0.2, -0.15) is 5.26 Å². The van der Waals surface area contributed by atoms with Crippen LogP contribution in [0.1, 0.15) is 28.1 Å². The third-order valence-corrected chi connectivity index (χ3v) is 4.79. The molecule has 28 heavy (non-hydrogen) atoms. The number of benzene rings is 2. The van der Waals surface area contributed by atoms with E-state index in [2.05, 4.69) is 35.0 Å². The molecule has 4 heteroatoms. The molecular formula is C24H23N3O. The topological polar surface area (TPSA) is 57.8 Å². The van der Waals surface area contributed by atoms with Crippen LogP contribution in [0.3, 0.4) is 0 Å². The third-order valence-electron chi connectivity index (χ3n) is 4.79. The molecule has 0 aliphatic rings. The lowest BCUT2D eigenvalue weighted by molar-refractivity contribution is -0.112. The quantitative estimate of drug-likeness (QED) is 0.504. The number of carbonyl (C=O) groups is 1. The molecule has 140 valence electrons. The Morgan fingerprint density at radius 1 is 1.04 bits per heavy atom. The molecule has 0 aliphatic heterocycles. The Morgan fingerprint density at radius 2 is 1.79 bits per heavy atom. The normalized spacial score (nSPS) is 11.2. The van der Waals surface area contributed by atoms with E-state index in [0.29, 0.717) is 5.69 Å². The first-order valence-corrected chi connectivity index (χ1v) is 9.15. The van der Waals surface area contributed by atoms with E-state index < -0.39 is 5.91 Å². The van der Waals surface area contributed by atoms with Crippen molar-refractivity contribution in [3.8, 4) is 11.8 Å². The van der Waals surface area contributed by atoms with Crippen LogP contribution in [0.2, 0.25) is 0 Å². The second-order valence-electron chi connectivity index (χ2n) is 6.94. The highest BCUT2D eigenvalue weighted by Gasteiger charge is 2.14. The predicted octanol–water partition coefficient (Wildman–Crippen LogP) is 5.26. The maximum Gasteiger partial charge on any atom is 0.266 e. The lowest BCUT2D eigenvalue weighted by Crippen LogP contribution is -2.14. The van der Waals surface area contributed by atoms with Crippen molar-refractivity contribution in [2.45, 2.75) is 27.7 Å². The van der Waals surface area contributed by atoms with Gasteiger partial charge in [0.2, 0.25) is 0 Å². The highest BCUT2D eigenvalue weighted by Crippen LogP contribution is 2.24. The molecule has 0 saturated heterocycles. The van der Waals surface area contributed by atoms with Crippen LogP contribution in [0, 0.1) is 39.0 Å². The number of nitrogens with zero attached hydrogens (tertiary/aromatic N) is 2. The maximum absolute atomic E-state index is 12.6. The third kappa shape index (κ3) is 3.89. The van der Waals surface area contributed by atoms with Gasteiger partial charge in [0.25, 0.3) is 5.91 Å². The minimum atomic E-state index is -0.405. The van der Waals surface area contributed by atoms with Crippen molar-refractivity contribution in [2.24, 2.45) is 0 Å². The molecule has 1 heterocycles. The van der Waals surface area contributed by atoms with Crippen molar-refractivity contribution in [1.29, 1.82) is 5.26 Å². The van der Waals surface area contributed by atoms with Gasteiger partial charge in [-0.05, 0) is 74.7 Å². The van der Waals surface area contributed by atoms with E-state index >= 15 is 0 Å². The molecule has 4 nitrogen and oxygen atoms in total. The van der Waals surface area contributed by atoms with Gasteiger partial charge in [-0.15, -0.1) is 0 Å². The maximum atomic E-state index is 12.6. The number of carbonyl (C=O) groups excluding carboxylic acids is 1.